The number of nitrogens with zero attached hydrogens (tertiary/aromatic N) is 5. The highest BCUT2D eigenvalue weighted by Crippen LogP contribution is 2.32. The third-order valence-corrected chi connectivity index (χ3v) is 4.81. The van der Waals surface area contributed by atoms with Crippen molar-refractivity contribution < 1.29 is 22.8 Å². The van der Waals surface area contributed by atoms with Crippen LogP contribution in [0.15, 0.2) is 12.3 Å². The number of amides is 2. The largest absolute Gasteiger partial charge is 0.433 e. The minimum absolute atomic E-state index is 0.0235. The van der Waals surface area contributed by atoms with Crippen molar-refractivity contribution in [3.63, 3.8) is 0 Å². The van der Waals surface area contributed by atoms with Crippen molar-refractivity contribution in [1.29, 1.82) is 0 Å². The Kier molecular flexibility index (Phi) is 4.76. The van der Waals surface area contributed by atoms with E-state index in [0.29, 0.717) is 19.4 Å². The second-order valence-corrected chi connectivity index (χ2v) is 6.83. The van der Waals surface area contributed by atoms with Crippen LogP contribution < -0.4 is 4.90 Å². The third kappa shape index (κ3) is 3.58. The van der Waals surface area contributed by atoms with E-state index in [0.717, 1.165) is 12.3 Å². The topological polar surface area (TPSA) is 69.6 Å². The Hall–Kier alpha value is -2.39. The molecule has 0 N–H and O–H groups in total. The number of alkyl halides is 3. The van der Waals surface area contributed by atoms with E-state index >= 15 is 0 Å². The summed E-state index contributed by atoms with van der Waals surface area (Å²) in [7, 11) is 3.23. The number of hydrogen-bond acceptors (Lipinski definition) is 5. The van der Waals surface area contributed by atoms with Crippen LogP contribution in [0.4, 0.5) is 19.1 Å². The number of likely N-dealkylation sites (N-methyl/N-ethyl adjacent to an activating group) is 1. The van der Waals surface area contributed by atoms with Gasteiger partial charge in [-0.1, -0.05) is 0 Å². The van der Waals surface area contributed by atoms with Gasteiger partial charge in [-0.25, -0.2) is 9.97 Å². The van der Waals surface area contributed by atoms with Gasteiger partial charge in [0.1, 0.15) is 12.2 Å². The van der Waals surface area contributed by atoms with Crippen molar-refractivity contribution in [3.8, 4) is 0 Å². The van der Waals surface area contributed by atoms with Gasteiger partial charge < -0.3 is 14.7 Å². The van der Waals surface area contributed by atoms with E-state index in [2.05, 4.69) is 9.97 Å². The molecule has 0 spiro atoms. The predicted octanol–water partition coefficient (Wildman–Crippen LogP) is 1.01. The molecule has 26 heavy (non-hydrogen) atoms. The Balaban J connectivity index is 1.84. The molecule has 142 valence electrons. The quantitative estimate of drug-likeness (QED) is 0.793. The lowest BCUT2D eigenvalue weighted by molar-refractivity contribution is -0.145. The molecule has 0 aromatic carbocycles. The molecule has 4 heterocycles. The van der Waals surface area contributed by atoms with E-state index in [1.807, 2.05) is 0 Å². The summed E-state index contributed by atoms with van der Waals surface area (Å²) in [5, 5.41) is 0. The van der Waals surface area contributed by atoms with Crippen molar-refractivity contribution >= 4 is 17.8 Å². The van der Waals surface area contributed by atoms with Crippen LogP contribution in [0.2, 0.25) is 0 Å². The lowest BCUT2D eigenvalue weighted by Crippen LogP contribution is -2.51. The van der Waals surface area contributed by atoms with Gasteiger partial charge in [-0.2, -0.15) is 13.2 Å². The average Bonchev–Trinajstić information content (AvgIpc) is 2.87. The van der Waals surface area contributed by atoms with Crippen molar-refractivity contribution in [3.05, 3.63) is 18.0 Å². The second kappa shape index (κ2) is 6.73. The van der Waals surface area contributed by atoms with Crippen LogP contribution in [0.25, 0.3) is 0 Å². The smallest absolute Gasteiger partial charge is 0.347 e. The molecule has 0 saturated carbocycles. The van der Waals surface area contributed by atoms with Crippen molar-refractivity contribution in [2.75, 3.05) is 38.6 Å². The van der Waals surface area contributed by atoms with E-state index in [1.54, 1.807) is 23.9 Å². The zero-order valence-electron chi connectivity index (χ0n) is 14.5. The molecule has 3 saturated heterocycles. The summed E-state index contributed by atoms with van der Waals surface area (Å²) < 4.78 is 38.7. The van der Waals surface area contributed by atoms with Gasteiger partial charge in [0.05, 0.1) is 5.92 Å². The SMILES string of the molecule is CN(C)C(=O)CN1C(=O)[C@@H]2CC[C@H]1CN(c1nccc(C(F)(F)F)n1)C2. The standard InChI is InChI=1S/C16H20F3N5O2/c1-22(2)13(25)9-24-11-4-3-10(14(24)26)7-23(8-11)15-20-6-5-12(21-15)16(17,18)19/h5-6,10-11H,3-4,7-9H2,1-2H3/t10-,11+/m1/s1. The summed E-state index contributed by atoms with van der Waals surface area (Å²) in [5.41, 5.74) is -1.01. The maximum Gasteiger partial charge on any atom is 0.433 e. The van der Waals surface area contributed by atoms with Crippen LogP contribution in [0.5, 0.6) is 0 Å². The monoisotopic (exact) mass is 371 g/mol. The summed E-state index contributed by atoms with van der Waals surface area (Å²) in [6.45, 7) is 0.540. The summed E-state index contributed by atoms with van der Waals surface area (Å²) in [4.78, 5) is 36.9. The number of rotatable bonds is 3. The van der Waals surface area contributed by atoms with Crippen LogP contribution in [-0.2, 0) is 15.8 Å². The van der Waals surface area contributed by atoms with Crippen LogP contribution in [0.3, 0.4) is 0 Å². The minimum Gasteiger partial charge on any atom is -0.347 e. The van der Waals surface area contributed by atoms with Crippen molar-refractivity contribution in [1.82, 2.24) is 19.8 Å². The zero-order chi connectivity index (χ0) is 19.1. The van der Waals surface area contributed by atoms with E-state index in [1.165, 1.54) is 4.90 Å². The maximum absolute atomic E-state index is 12.9. The lowest BCUT2D eigenvalue weighted by Gasteiger charge is -2.35. The molecule has 1 aromatic heterocycles. The van der Waals surface area contributed by atoms with Gasteiger partial charge in [0.15, 0.2) is 0 Å². The molecule has 2 atom stereocenters. The maximum atomic E-state index is 12.9. The van der Waals surface area contributed by atoms with Gasteiger partial charge in [0, 0.05) is 39.4 Å². The highest BCUT2D eigenvalue weighted by molar-refractivity contribution is 5.87. The van der Waals surface area contributed by atoms with Crippen LogP contribution in [-0.4, -0.2) is 71.4 Å². The molecule has 0 unspecified atom stereocenters. The molecular formula is C16H20F3N5O2. The number of hydrogen-bond donors (Lipinski definition) is 0. The molecule has 3 aliphatic rings. The van der Waals surface area contributed by atoms with Crippen LogP contribution >= 0.6 is 0 Å². The summed E-state index contributed by atoms with van der Waals surface area (Å²) in [6.07, 6.45) is -2.13. The molecule has 1 aromatic rings. The van der Waals surface area contributed by atoms with E-state index in [-0.39, 0.29) is 42.8 Å². The Morgan fingerprint density at radius 1 is 1.31 bits per heavy atom. The summed E-state index contributed by atoms with van der Waals surface area (Å²) in [5.74, 6) is -0.731. The van der Waals surface area contributed by atoms with E-state index in [4.69, 9.17) is 0 Å². The van der Waals surface area contributed by atoms with Gasteiger partial charge in [-0.15, -0.1) is 0 Å². The Bertz CT molecular complexity index is 709. The van der Waals surface area contributed by atoms with Crippen LogP contribution in [0, 0.1) is 5.92 Å². The minimum atomic E-state index is -4.55. The van der Waals surface area contributed by atoms with Gasteiger partial charge >= 0.3 is 6.18 Å². The molecule has 7 nitrogen and oxygen atoms in total. The highest BCUT2D eigenvalue weighted by atomic mass is 19.4. The molecule has 2 bridgehead atoms. The first kappa shape index (κ1) is 18.4. The average molecular weight is 371 g/mol. The fourth-order valence-electron chi connectivity index (χ4n) is 3.36. The number of anilines is 1. The summed E-state index contributed by atoms with van der Waals surface area (Å²) in [6, 6.07) is 0.576. The lowest BCUT2D eigenvalue weighted by atomic mass is 9.94. The normalized spacial score (nSPS) is 23.2. The number of fused-ring (bicyclic) bond motifs is 4. The van der Waals surface area contributed by atoms with Gasteiger partial charge in [-0.05, 0) is 18.9 Å². The third-order valence-electron chi connectivity index (χ3n) is 4.81. The first-order chi connectivity index (χ1) is 12.2. The second-order valence-electron chi connectivity index (χ2n) is 6.83. The van der Waals surface area contributed by atoms with E-state index in [9.17, 15) is 22.8 Å². The molecule has 0 radical (unpaired) electrons. The van der Waals surface area contributed by atoms with Gasteiger partial charge in [0.2, 0.25) is 17.8 Å². The van der Waals surface area contributed by atoms with E-state index < -0.39 is 11.9 Å². The molecule has 3 aliphatic heterocycles. The molecule has 0 aliphatic carbocycles. The molecule has 3 fully saturated rings. The van der Waals surface area contributed by atoms with Crippen molar-refractivity contribution in [2.24, 2.45) is 5.92 Å². The van der Waals surface area contributed by atoms with Gasteiger partial charge in [0.25, 0.3) is 0 Å². The van der Waals surface area contributed by atoms with Crippen molar-refractivity contribution in [2.45, 2.75) is 25.1 Å². The first-order valence-corrected chi connectivity index (χ1v) is 8.32. The fraction of sp³-hybridized carbons (Fsp3) is 0.625. The van der Waals surface area contributed by atoms with Crippen LogP contribution in [0.1, 0.15) is 18.5 Å². The number of piperidine rings is 1. The fourth-order valence-corrected chi connectivity index (χ4v) is 3.36. The number of aromatic nitrogens is 2. The number of halogens is 3. The summed E-state index contributed by atoms with van der Waals surface area (Å²) >= 11 is 0. The first-order valence-electron chi connectivity index (χ1n) is 8.32. The Morgan fingerprint density at radius 3 is 2.69 bits per heavy atom. The highest BCUT2D eigenvalue weighted by Gasteiger charge is 2.42. The molecule has 4 rings (SSSR count). The Labute approximate surface area is 148 Å². The molecular weight excluding hydrogens is 351 g/mol. The Morgan fingerprint density at radius 2 is 2.04 bits per heavy atom. The zero-order valence-corrected chi connectivity index (χ0v) is 14.5. The number of carbonyl (C=O) groups excluding carboxylic acids is 2. The molecule has 2 amide bonds. The number of carbonyl (C=O) groups is 2. The molecule has 10 heteroatoms. The predicted molar refractivity (Wildman–Crippen MR) is 86.2 cm³/mol. The van der Waals surface area contributed by atoms with Gasteiger partial charge in [-0.3, -0.25) is 9.59 Å².